The van der Waals surface area contributed by atoms with Gasteiger partial charge in [0.25, 0.3) is 0 Å². The number of hydrogen-bond donors (Lipinski definition) is 0. The van der Waals surface area contributed by atoms with E-state index in [1.54, 1.807) is 11.8 Å². The lowest BCUT2D eigenvalue weighted by Gasteiger charge is -2.20. The summed E-state index contributed by atoms with van der Waals surface area (Å²) in [7, 11) is 0. The lowest BCUT2D eigenvalue weighted by atomic mass is 10.1. The molecule has 31 heavy (non-hydrogen) atoms. The van der Waals surface area contributed by atoms with Crippen LogP contribution in [-0.2, 0) is 16.1 Å². The van der Waals surface area contributed by atoms with Crippen LogP contribution in [0.15, 0.2) is 71.9 Å². The van der Waals surface area contributed by atoms with E-state index in [2.05, 4.69) is 18.2 Å². The maximum atomic E-state index is 12.5. The smallest absolute Gasteiger partial charge is 0.326 e. The van der Waals surface area contributed by atoms with E-state index in [9.17, 15) is 4.79 Å². The number of carbonyl (C=O) groups excluding carboxylic acids is 1. The average molecular weight is 435 g/mol. The van der Waals surface area contributed by atoms with Crippen LogP contribution in [0, 0.1) is 0 Å². The summed E-state index contributed by atoms with van der Waals surface area (Å²) in [5, 5.41) is 3.05. The lowest BCUT2D eigenvalue weighted by molar-refractivity contribution is -0.155. The predicted octanol–water partition coefficient (Wildman–Crippen LogP) is 5.70. The molecule has 4 rings (SSSR count). The van der Waals surface area contributed by atoms with Gasteiger partial charge in [0, 0.05) is 11.1 Å². The number of imidazole rings is 1. The van der Waals surface area contributed by atoms with Crippen LogP contribution in [0.3, 0.4) is 0 Å². The zero-order valence-corrected chi connectivity index (χ0v) is 18.8. The van der Waals surface area contributed by atoms with Crippen molar-refractivity contribution in [3.63, 3.8) is 0 Å². The number of ether oxygens (including phenoxy) is 2. The largest absolute Gasteiger partial charge is 0.492 e. The summed E-state index contributed by atoms with van der Waals surface area (Å²) < 4.78 is 13.5. The molecule has 0 radical (unpaired) electrons. The van der Waals surface area contributed by atoms with Crippen molar-refractivity contribution in [3.8, 4) is 5.75 Å². The highest BCUT2D eigenvalue weighted by molar-refractivity contribution is 7.99. The summed E-state index contributed by atoms with van der Waals surface area (Å²) >= 11 is 1.58. The van der Waals surface area contributed by atoms with Crippen molar-refractivity contribution >= 4 is 39.5 Å². The first kappa shape index (κ1) is 21.2. The van der Waals surface area contributed by atoms with Crippen LogP contribution in [-0.4, -0.2) is 33.5 Å². The molecule has 0 aliphatic carbocycles. The van der Waals surface area contributed by atoms with Gasteiger partial charge in [0.2, 0.25) is 0 Å². The molecule has 0 atom stereocenters. The molecule has 0 amide bonds. The van der Waals surface area contributed by atoms with E-state index in [4.69, 9.17) is 14.5 Å². The Labute approximate surface area is 186 Å². The number of fused-ring (bicyclic) bond motifs is 2. The Morgan fingerprint density at radius 2 is 1.74 bits per heavy atom. The Kier molecular flexibility index (Phi) is 6.18. The van der Waals surface area contributed by atoms with E-state index in [-0.39, 0.29) is 12.5 Å². The predicted molar refractivity (Wildman–Crippen MR) is 126 cm³/mol. The minimum absolute atomic E-state index is 0.129. The highest BCUT2D eigenvalue weighted by Gasteiger charge is 2.19. The van der Waals surface area contributed by atoms with Crippen molar-refractivity contribution in [3.05, 3.63) is 66.7 Å². The summed E-state index contributed by atoms with van der Waals surface area (Å²) in [5.74, 6) is 1.31. The Morgan fingerprint density at radius 1 is 1.00 bits per heavy atom. The number of para-hydroxylation sites is 2. The molecule has 1 heterocycles. The Hall–Kier alpha value is -2.99. The van der Waals surface area contributed by atoms with Crippen LogP contribution in [0.4, 0.5) is 0 Å². The van der Waals surface area contributed by atoms with Gasteiger partial charge in [-0.25, -0.2) is 4.98 Å². The van der Waals surface area contributed by atoms with Gasteiger partial charge in [0.15, 0.2) is 5.16 Å². The fourth-order valence-electron chi connectivity index (χ4n) is 3.43. The van der Waals surface area contributed by atoms with Crippen molar-refractivity contribution in [1.82, 2.24) is 9.55 Å². The first-order valence-electron chi connectivity index (χ1n) is 10.3. The van der Waals surface area contributed by atoms with Crippen LogP contribution >= 0.6 is 11.8 Å². The molecule has 5 nitrogen and oxygen atoms in total. The summed E-state index contributed by atoms with van der Waals surface area (Å²) in [6, 6.07) is 22.1. The number of nitrogens with zero attached hydrogens (tertiary/aromatic N) is 2. The van der Waals surface area contributed by atoms with Crippen LogP contribution in [0.5, 0.6) is 5.75 Å². The normalized spacial score (nSPS) is 11.7. The van der Waals surface area contributed by atoms with E-state index in [0.717, 1.165) is 32.7 Å². The number of thioether (sulfide) groups is 1. The Bertz CT molecular complexity index is 1210. The van der Waals surface area contributed by atoms with Crippen molar-refractivity contribution in [2.45, 2.75) is 38.1 Å². The first-order chi connectivity index (χ1) is 14.9. The topological polar surface area (TPSA) is 53.4 Å². The van der Waals surface area contributed by atoms with Gasteiger partial charge in [-0.1, -0.05) is 60.3 Å². The molecular formula is C25H26N2O3S. The summed E-state index contributed by atoms with van der Waals surface area (Å²) in [5.41, 5.74) is 1.27. The monoisotopic (exact) mass is 434 g/mol. The Morgan fingerprint density at radius 3 is 2.58 bits per heavy atom. The molecule has 3 aromatic carbocycles. The maximum Gasteiger partial charge on any atom is 0.326 e. The number of hydrogen-bond acceptors (Lipinski definition) is 5. The van der Waals surface area contributed by atoms with Gasteiger partial charge in [-0.15, -0.1) is 0 Å². The second-order valence-electron chi connectivity index (χ2n) is 8.23. The third-order valence-corrected chi connectivity index (χ3v) is 5.59. The highest BCUT2D eigenvalue weighted by Crippen LogP contribution is 2.27. The molecule has 6 heteroatoms. The van der Waals surface area contributed by atoms with Crippen molar-refractivity contribution in [1.29, 1.82) is 0 Å². The number of rotatable bonds is 7. The van der Waals surface area contributed by atoms with Crippen molar-refractivity contribution in [2.24, 2.45) is 0 Å². The fourth-order valence-corrected chi connectivity index (χ4v) is 4.26. The van der Waals surface area contributed by atoms with Gasteiger partial charge in [-0.05, 0) is 44.4 Å². The molecule has 160 valence electrons. The number of carbonyl (C=O) groups is 1. The van der Waals surface area contributed by atoms with E-state index in [1.165, 1.54) is 0 Å². The van der Waals surface area contributed by atoms with Gasteiger partial charge < -0.3 is 14.0 Å². The zero-order chi connectivity index (χ0) is 21.8. The number of aromatic nitrogens is 2. The molecule has 0 aliphatic heterocycles. The van der Waals surface area contributed by atoms with E-state index in [1.807, 2.05) is 73.9 Å². The van der Waals surface area contributed by atoms with Crippen LogP contribution in [0.2, 0.25) is 0 Å². The van der Waals surface area contributed by atoms with Gasteiger partial charge in [0.05, 0.1) is 17.6 Å². The second-order valence-corrected chi connectivity index (χ2v) is 9.29. The fraction of sp³-hybridized carbons (Fsp3) is 0.280. The quantitative estimate of drug-likeness (QED) is 0.212. The summed E-state index contributed by atoms with van der Waals surface area (Å²) in [6.07, 6.45) is 0. The van der Waals surface area contributed by atoms with Gasteiger partial charge in [-0.2, -0.15) is 0 Å². The number of esters is 1. The van der Waals surface area contributed by atoms with Crippen LogP contribution in [0.1, 0.15) is 20.8 Å². The minimum atomic E-state index is -0.521. The molecule has 0 spiro atoms. The second kappa shape index (κ2) is 9.02. The molecule has 0 saturated carbocycles. The van der Waals surface area contributed by atoms with Crippen molar-refractivity contribution in [2.75, 3.05) is 12.4 Å². The molecule has 1 aromatic heterocycles. The van der Waals surface area contributed by atoms with E-state index < -0.39 is 5.60 Å². The first-order valence-corrected chi connectivity index (χ1v) is 11.3. The molecule has 0 fully saturated rings. The molecule has 0 bridgehead atoms. The molecule has 4 aromatic rings. The van der Waals surface area contributed by atoms with Crippen LogP contribution < -0.4 is 4.74 Å². The van der Waals surface area contributed by atoms with Gasteiger partial charge in [-0.3, -0.25) is 4.79 Å². The molecular weight excluding hydrogens is 408 g/mol. The lowest BCUT2D eigenvalue weighted by Crippen LogP contribution is -2.26. The average Bonchev–Trinajstić information content (AvgIpc) is 3.07. The van der Waals surface area contributed by atoms with Crippen molar-refractivity contribution < 1.29 is 14.3 Å². The zero-order valence-electron chi connectivity index (χ0n) is 18.0. The molecule has 0 saturated heterocycles. The van der Waals surface area contributed by atoms with E-state index >= 15 is 0 Å². The minimum Gasteiger partial charge on any atom is -0.492 e. The maximum absolute atomic E-state index is 12.5. The third kappa shape index (κ3) is 5.20. The summed E-state index contributed by atoms with van der Waals surface area (Å²) in [4.78, 5) is 17.2. The van der Waals surface area contributed by atoms with E-state index in [0.29, 0.717) is 12.4 Å². The van der Waals surface area contributed by atoms with Gasteiger partial charge in [0.1, 0.15) is 17.9 Å². The Balaban J connectivity index is 1.46. The molecule has 0 aliphatic rings. The SMILES string of the molecule is CC(C)(C)OC(=O)Cn1c(SCCOc2cccc3ccccc23)nc2ccccc21. The van der Waals surface area contributed by atoms with Crippen LogP contribution in [0.25, 0.3) is 21.8 Å². The molecule has 0 N–H and O–H groups in total. The third-order valence-electron chi connectivity index (χ3n) is 4.65. The standard InChI is InChI=1S/C25H26N2O3S/c1-25(2,3)30-23(28)17-27-21-13-7-6-12-20(21)26-24(27)31-16-15-29-22-14-8-10-18-9-4-5-11-19(18)22/h4-14H,15-17H2,1-3H3. The van der Waals surface area contributed by atoms with Gasteiger partial charge >= 0.3 is 5.97 Å². The molecule has 0 unspecified atom stereocenters. The number of benzene rings is 3. The summed E-state index contributed by atoms with van der Waals surface area (Å²) in [6.45, 7) is 6.28. The highest BCUT2D eigenvalue weighted by atomic mass is 32.2.